The molecule has 0 amide bonds. The highest BCUT2D eigenvalue weighted by molar-refractivity contribution is 7.92. The molecule has 214 valence electrons. The van der Waals surface area contributed by atoms with Crippen molar-refractivity contribution in [2.45, 2.75) is 36.9 Å². The van der Waals surface area contributed by atoms with Crippen molar-refractivity contribution >= 4 is 39.0 Å². The first-order valence-electron chi connectivity index (χ1n) is 12.0. The Hall–Kier alpha value is -3.62. The molecule has 1 aliphatic rings. The van der Waals surface area contributed by atoms with Gasteiger partial charge in [-0.05, 0) is 74.8 Å². The van der Waals surface area contributed by atoms with Crippen LogP contribution in [0, 0.1) is 6.92 Å². The quantitative estimate of drug-likeness (QED) is 0.318. The number of sulfonamides is 1. The number of halogens is 3. The predicted molar refractivity (Wildman–Crippen MR) is 142 cm³/mol. The first-order chi connectivity index (χ1) is 18.8. The van der Waals surface area contributed by atoms with Crippen molar-refractivity contribution in [3.8, 4) is 16.2 Å². The Morgan fingerprint density at radius 3 is 2.33 bits per heavy atom. The third-order valence-corrected chi connectivity index (χ3v) is 9.57. The average molecular weight is 599 g/mol. The number of nitrogens with zero attached hydrogens (tertiary/aromatic N) is 1. The monoisotopic (exact) mass is 598 g/mol. The van der Waals surface area contributed by atoms with Crippen LogP contribution in [0.2, 0.25) is 0 Å². The summed E-state index contributed by atoms with van der Waals surface area (Å²) in [6.45, 7) is 1.91. The number of ether oxygens (including phenoxy) is 1. The lowest BCUT2D eigenvalue weighted by molar-refractivity contribution is -0.139. The number of alkyl halides is 3. The van der Waals surface area contributed by atoms with Crippen LogP contribution in [0.1, 0.15) is 33.6 Å². The lowest BCUT2D eigenvalue weighted by Crippen LogP contribution is -2.46. The van der Waals surface area contributed by atoms with Gasteiger partial charge in [0.05, 0.1) is 16.1 Å². The number of piperidine rings is 1. The molecule has 0 bridgehead atoms. The highest BCUT2D eigenvalue weighted by Crippen LogP contribution is 2.43. The Kier molecular flexibility index (Phi) is 8.42. The van der Waals surface area contributed by atoms with Crippen LogP contribution in [0.15, 0.2) is 53.4 Å². The number of thiophene rings is 1. The van der Waals surface area contributed by atoms with Gasteiger partial charge in [-0.15, -0.1) is 11.3 Å². The van der Waals surface area contributed by atoms with Crippen LogP contribution >= 0.6 is 11.3 Å². The molecule has 1 aliphatic heterocycles. The Morgan fingerprint density at radius 1 is 1.10 bits per heavy atom. The first-order valence-corrected chi connectivity index (χ1v) is 14.3. The maximum atomic E-state index is 13.9. The Labute approximate surface area is 231 Å². The number of carboxylic acid groups (broad SMARTS) is 2. The fourth-order valence-corrected chi connectivity index (χ4v) is 7.31. The van der Waals surface area contributed by atoms with E-state index < -0.39 is 46.4 Å². The number of aliphatic carboxylic acids is 1. The summed E-state index contributed by atoms with van der Waals surface area (Å²) in [5.74, 6) is -2.68. The van der Waals surface area contributed by atoms with Crippen molar-refractivity contribution in [2.24, 2.45) is 0 Å². The van der Waals surface area contributed by atoms with Crippen molar-refractivity contribution < 1.29 is 46.1 Å². The molecule has 14 heteroatoms. The molecule has 2 heterocycles. The fourth-order valence-electron chi connectivity index (χ4n) is 4.52. The van der Waals surface area contributed by atoms with Crippen LogP contribution in [-0.2, 0) is 21.0 Å². The molecule has 0 radical (unpaired) electrons. The number of rotatable bonds is 9. The summed E-state index contributed by atoms with van der Waals surface area (Å²) in [6, 6.07) is 9.21. The number of benzene rings is 2. The van der Waals surface area contributed by atoms with Crippen LogP contribution in [0.25, 0.3) is 10.4 Å². The van der Waals surface area contributed by atoms with Gasteiger partial charge in [-0.1, -0.05) is 12.1 Å². The van der Waals surface area contributed by atoms with E-state index in [4.69, 9.17) is 9.84 Å². The third kappa shape index (κ3) is 6.08. The summed E-state index contributed by atoms with van der Waals surface area (Å²) < 4.78 is 73.5. The molecular formula is C26H25F3N2O7S2. The van der Waals surface area contributed by atoms with Crippen LogP contribution in [0.4, 0.5) is 18.9 Å². The Bertz CT molecular complexity index is 1510. The summed E-state index contributed by atoms with van der Waals surface area (Å²) in [5, 5.41) is 21.8. The lowest BCUT2D eigenvalue weighted by Gasteiger charge is -2.35. The summed E-state index contributed by atoms with van der Waals surface area (Å²) in [6.07, 6.45) is -3.71. The second-order valence-electron chi connectivity index (χ2n) is 9.06. The SMILES string of the molecule is Cc1c(-c2cccc(N(C3CCNCC3)S(=O)(=O)c3ccc(C(F)(F)F)cc3)c2)sc(C(=O)O)c1OCC(=O)O. The molecule has 3 aromatic rings. The molecule has 9 nitrogen and oxygen atoms in total. The molecule has 2 aromatic carbocycles. The van der Waals surface area contributed by atoms with Gasteiger partial charge in [0.2, 0.25) is 0 Å². The van der Waals surface area contributed by atoms with E-state index in [1.54, 1.807) is 31.2 Å². The first kappa shape index (κ1) is 29.4. The van der Waals surface area contributed by atoms with Gasteiger partial charge in [0.25, 0.3) is 10.0 Å². The molecule has 3 N–H and O–H groups in total. The van der Waals surface area contributed by atoms with Gasteiger partial charge in [0, 0.05) is 16.5 Å². The summed E-state index contributed by atoms with van der Waals surface area (Å²) in [4.78, 5) is 22.8. The molecule has 1 fully saturated rings. The van der Waals surface area contributed by atoms with E-state index in [2.05, 4.69) is 5.32 Å². The number of carbonyl (C=O) groups is 2. The smallest absolute Gasteiger partial charge is 0.416 e. The molecule has 0 spiro atoms. The maximum absolute atomic E-state index is 13.9. The van der Waals surface area contributed by atoms with E-state index in [-0.39, 0.29) is 21.2 Å². The molecule has 0 saturated carbocycles. The Balaban J connectivity index is 1.80. The van der Waals surface area contributed by atoms with Crippen molar-refractivity contribution in [3.05, 3.63) is 64.5 Å². The highest BCUT2D eigenvalue weighted by atomic mass is 32.2. The number of anilines is 1. The molecule has 40 heavy (non-hydrogen) atoms. The number of hydrogen-bond donors (Lipinski definition) is 3. The third-order valence-electron chi connectivity index (χ3n) is 6.37. The van der Waals surface area contributed by atoms with E-state index in [0.717, 1.165) is 35.6 Å². The summed E-state index contributed by atoms with van der Waals surface area (Å²) >= 11 is 0.861. The molecular weight excluding hydrogens is 573 g/mol. The zero-order chi connectivity index (χ0) is 29.2. The second kappa shape index (κ2) is 11.5. The van der Waals surface area contributed by atoms with Gasteiger partial charge in [-0.25, -0.2) is 18.0 Å². The van der Waals surface area contributed by atoms with E-state index in [1.165, 1.54) is 4.31 Å². The molecule has 0 unspecified atom stereocenters. The number of aromatic carboxylic acids is 1. The largest absolute Gasteiger partial charge is 0.480 e. The molecule has 0 aliphatic carbocycles. The second-order valence-corrected chi connectivity index (χ2v) is 11.9. The molecule has 0 atom stereocenters. The summed E-state index contributed by atoms with van der Waals surface area (Å²) in [7, 11) is -4.30. The van der Waals surface area contributed by atoms with Crippen molar-refractivity contribution in [2.75, 3.05) is 24.0 Å². The lowest BCUT2D eigenvalue weighted by atomic mass is 10.0. The minimum Gasteiger partial charge on any atom is -0.480 e. The van der Waals surface area contributed by atoms with E-state index in [9.17, 15) is 36.3 Å². The zero-order valence-electron chi connectivity index (χ0n) is 21.1. The molecule has 1 saturated heterocycles. The Morgan fingerprint density at radius 2 is 1.75 bits per heavy atom. The van der Waals surface area contributed by atoms with Crippen molar-refractivity contribution in [1.29, 1.82) is 0 Å². The van der Waals surface area contributed by atoms with E-state index >= 15 is 0 Å². The van der Waals surface area contributed by atoms with E-state index in [0.29, 0.717) is 41.9 Å². The normalized spacial score (nSPS) is 14.6. The highest BCUT2D eigenvalue weighted by Gasteiger charge is 2.35. The van der Waals surface area contributed by atoms with Crippen LogP contribution in [-0.4, -0.2) is 56.3 Å². The van der Waals surface area contributed by atoms with Crippen LogP contribution in [0.3, 0.4) is 0 Å². The minimum atomic E-state index is -4.62. The molecule has 1 aromatic heterocycles. The predicted octanol–water partition coefficient (Wildman–Crippen LogP) is 4.85. The maximum Gasteiger partial charge on any atom is 0.416 e. The van der Waals surface area contributed by atoms with Gasteiger partial charge in [-0.3, -0.25) is 4.31 Å². The average Bonchev–Trinajstić information content (AvgIpc) is 3.24. The fraction of sp³-hybridized carbons (Fsp3) is 0.308. The van der Waals surface area contributed by atoms with Gasteiger partial charge >= 0.3 is 18.1 Å². The topological polar surface area (TPSA) is 133 Å². The van der Waals surface area contributed by atoms with Gasteiger partial charge < -0.3 is 20.3 Å². The summed E-state index contributed by atoms with van der Waals surface area (Å²) in [5.41, 5.74) is 0.126. The number of hydrogen-bond acceptors (Lipinski definition) is 7. The van der Waals surface area contributed by atoms with Crippen LogP contribution < -0.4 is 14.4 Å². The number of nitrogens with one attached hydrogen (secondary N) is 1. The van der Waals surface area contributed by atoms with Crippen LogP contribution in [0.5, 0.6) is 5.75 Å². The zero-order valence-corrected chi connectivity index (χ0v) is 22.7. The minimum absolute atomic E-state index is 0.0899. The number of carboxylic acids is 2. The van der Waals surface area contributed by atoms with E-state index in [1.807, 2.05) is 0 Å². The van der Waals surface area contributed by atoms with Crippen molar-refractivity contribution in [3.63, 3.8) is 0 Å². The van der Waals surface area contributed by atoms with Gasteiger partial charge in [-0.2, -0.15) is 13.2 Å². The molecule has 4 rings (SSSR count). The standard InChI is InChI=1S/C26H25F3N2O7S2/c1-15-22(38-14-21(32)33)24(25(34)35)39-23(15)16-3-2-4-19(13-16)31(18-9-11-30-12-10-18)40(36,37)20-7-5-17(6-8-20)26(27,28)29/h2-8,13,18,30H,9-12,14H2,1H3,(H,32,33)(H,34,35). The van der Waals surface area contributed by atoms with Crippen molar-refractivity contribution in [1.82, 2.24) is 5.32 Å². The van der Waals surface area contributed by atoms with Gasteiger partial charge in [0.1, 0.15) is 5.75 Å². The van der Waals surface area contributed by atoms with Gasteiger partial charge in [0.15, 0.2) is 11.5 Å².